The Labute approximate surface area is 148 Å². The third kappa shape index (κ3) is 8.69. The molecule has 1 rings (SSSR count). The van der Waals surface area contributed by atoms with Gasteiger partial charge in [0.15, 0.2) is 0 Å². The molecule has 3 N–H and O–H groups in total. The number of nitrogens with one attached hydrogen (secondary N) is 2. The molecule has 1 aromatic rings. The average molecular weight is 346 g/mol. The van der Waals surface area contributed by atoms with Gasteiger partial charge in [0.05, 0.1) is 6.54 Å². The van der Waals surface area contributed by atoms with E-state index < -0.39 is 17.9 Å². The number of benzene rings is 1. The van der Waals surface area contributed by atoms with Crippen molar-refractivity contribution < 1.29 is 19.5 Å². The Balaban J connectivity index is 2.31. The smallest absolute Gasteiger partial charge is 0.326 e. The van der Waals surface area contributed by atoms with E-state index >= 15 is 0 Å². The van der Waals surface area contributed by atoms with E-state index in [2.05, 4.69) is 17.2 Å². The van der Waals surface area contributed by atoms with Crippen molar-refractivity contribution in [1.29, 1.82) is 0 Å². The van der Waals surface area contributed by atoms with E-state index in [4.69, 9.17) is 0 Å². The molecule has 6 nitrogen and oxygen atoms in total. The van der Waals surface area contributed by atoms with E-state index in [0.717, 1.165) is 32.1 Å². The first kappa shape index (κ1) is 20.4. The van der Waals surface area contributed by atoms with Gasteiger partial charge < -0.3 is 15.7 Å². The van der Waals surface area contributed by atoms with Crippen LogP contribution in [0.25, 0.3) is 0 Å². The van der Waals surface area contributed by atoms with Crippen LogP contribution in [-0.2, 0) is 9.59 Å². The lowest BCUT2D eigenvalue weighted by Crippen LogP contribution is -2.45. The number of unbranched alkanes of at least 4 members (excludes halogenated alkanes) is 4. The molecule has 0 bridgehead atoms. The first-order chi connectivity index (χ1) is 12.0. The zero-order valence-corrected chi connectivity index (χ0v) is 14.4. The van der Waals surface area contributed by atoms with E-state index in [-0.39, 0.29) is 12.5 Å². The van der Waals surface area contributed by atoms with E-state index in [1.165, 1.54) is 0 Å². The van der Waals surface area contributed by atoms with Crippen LogP contribution in [0.4, 0.5) is 0 Å². The largest absolute Gasteiger partial charge is 0.480 e. The predicted octanol–water partition coefficient (Wildman–Crippen LogP) is 2.51. The molecule has 1 atom stereocenters. The van der Waals surface area contributed by atoms with Crippen LogP contribution in [0.1, 0.15) is 48.9 Å². The standard InChI is InChI=1S/C19H26N2O4/c1-2-3-4-5-6-10-13-16(19(24)25)21-17(22)14-20-18(23)15-11-8-7-9-12-15/h2,7-9,11-12,16H,1,3-6,10,13-14H2,(H,20,23)(H,21,22)(H,24,25)/t16-/m0/s1. The third-order valence-electron chi connectivity index (χ3n) is 3.73. The highest BCUT2D eigenvalue weighted by molar-refractivity contribution is 5.96. The molecule has 0 heterocycles. The minimum absolute atomic E-state index is 0.253. The van der Waals surface area contributed by atoms with Gasteiger partial charge in [-0.05, 0) is 31.4 Å². The van der Waals surface area contributed by atoms with Crippen molar-refractivity contribution in [3.8, 4) is 0 Å². The fraction of sp³-hybridized carbons (Fsp3) is 0.421. The van der Waals surface area contributed by atoms with Crippen LogP contribution in [0, 0.1) is 0 Å². The summed E-state index contributed by atoms with van der Waals surface area (Å²) in [6.45, 7) is 3.40. The number of amides is 2. The molecule has 0 aliphatic rings. The molecule has 0 unspecified atom stereocenters. The maximum atomic E-state index is 11.9. The molecule has 0 aliphatic carbocycles. The Bertz CT molecular complexity index is 572. The molecular weight excluding hydrogens is 320 g/mol. The highest BCUT2D eigenvalue weighted by Crippen LogP contribution is 2.08. The second-order valence-electron chi connectivity index (χ2n) is 5.79. The minimum atomic E-state index is -1.06. The number of allylic oxidation sites excluding steroid dienone is 1. The zero-order chi connectivity index (χ0) is 18.5. The Morgan fingerprint density at radius 3 is 2.40 bits per heavy atom. The van der Waals surface area contributed by atoms with Gasteiger partial charge in [-0.15, -0.1) is 6.58 Å². The second kappa shape index (κ2) is 11.8. The van der Waals surface area contributed by atoms with Gasteiger partial charge in [0.25, 0.3) is 5.91 Å². The second-order valence-corrected chi connectivity index (χ2v) is 5.79. The Kier molecular flexibility index (Phi) is 9.67. The third-order valence-corrected chi connectivity index (χ3v) is 3.73. The van der Waals surface area contributed by atoms with Crippen LogP contribution in [0.15, 0.2) is 43.0 Å². The molecule has 1 aromatic carbocycles. The topological polar surface area (TPSA) is 95.5 Å². The molecule has 0 radical (unpaired) electrons. The van der Waals surface area contributed by atoms with Gasteiger partial charge in [-0.25, -0.2) is 4.79 Å². The summed E-state index contributed by atoms with van der Waals surface area (Å²) in [5, 5.41) is 14.1. The molecule has 136 valence electrons. The van der Waals surface area contributed by atoms with Crippen LogP contribution in [-0.4, -0.2) is 35.5 Å². The summed E-state index contributed by atoms with van der Waals surface area (Å²) in [5.41, 5.74) is 0.449. The fourth-order valence-corrected chi connectivity index (χ4v) is 2.35. The van der Waals surface area contributed by atoms with Crippen LogP contribution in [0.5, 0.6) is 0 Å². The number of hydrogen-bond acceptors (Lipinski definition) is 3. The van der Waals surface area contributed by atoms with E-state index in [1.54, 1.807) is 30.3 Å². The van der Waals surface area contributed by atoms with Crippen molar-refractivity contribution in [3.05, 3.63) is 48.6 Å². The molecule has 0 fully saturated rings. The highest BCUT2D eigenvalue weighted by atomic mass is 16.4. The van der Waals surface area contributed by atoms with Crippen molar-refractivity contribution in [1.82, 2.24) is 10.6 Å². The van der Waals surface area contributed by atoms with Crippen molar-refractivity contribution >= 4 is 17.8 Å². The summed E-state index contributed by atoms with van der Waals surface area (Å²) >= 11 is 0. The predicted molar refractivity (Wildman–Crippen MR) is 96.2 cm³/mol. The number of hydrogen-bond donors (Lipinski definition) is 3. The summed E-state index contributed by atoms with van der Waals surface area (Å²) in [4.78, 5) is 35.0. The van der Waals surface area contributed by atoms with Gasteiger partial charge in [0, 0.05) is 5.56 Å². The summed E-state index contributed by atoms with van der Waals surface area (Å²) in [6.07, 6.45) is 6.90. The van der Waals surface area contributed by atoms with E-state index in [0.29, 0.717) is 12.0 Å². The van der Waals surface area contributed by atoms with Crippen LogP contribution < -0.4 is 10.6 Å². The monoisotopic (exact) mass is 346 g/mol. The molecule has 25 heavy (non-hydrogen) atoms. The first-order valence-electron chi connectivity index (χ1n) is 8.51. The molecule has 0 saturated heterocycles. The first-order valence-corrected chi connectivity index (χ1v) is 8.51. The maximum Gasteiger partial charge on any atom is 0.326 e. The van der Waals surface area contributed by atoms with Crippen molar-refractivity contribution in [2.45, 2.75) is 44.6 Å². The van der Waals surface area contributed by atoms with Crippen LogP contribution >= 0.6 is 0 Å². The molecular formula is C19H26N2O4. The summed E-state index contributed by atoms with van der Waals surface area (Å²) < 4.78 is 0. The Morgan fingerprint density at radius 2 is 1.76 bits per heavy atom. The number of carbonyl (C=O) groups is 3. The van der Waals surface area contributed by atoms with Gasteiger partial charge in [-0.1, -0.05) is 43.5 Å². The molecule has 2 amide bonds. The molecule has 0 aromatic heterocycles. The van der Waals surface area contributed by atoms with Gasteiger partial charge >= 0.3 is 5.97 Å². The lowest BCUT2D eigenvalue weighted by Gasteiger charge is -2.14. The lowest BCUT2D eigenvalue weighted by molar-refractivity contribution is -0.141. The lowest BCUT2D eigenvalue weighted by atomic mass is 10.1. The maximum absolute atomic E-state index is 11.9. The zero-order valence-electron chi connectivity index (χ0n) is 14.4. The van der Waals surface area contributed by atoms with Gasteiger partial charge in [-0.2, -0.15) is 0 Å². The number of aliphatic carboxylic acids is 1. The van der Waals surface area contributed by atoms with Crippen molar-refractivity contribution in [2.24, 2.45) is 0 Å². The van der Waals surface area contributed by atoms with Crippen molar-refractivity contribution in [2.75, 3.05) is 6.54 Å². The van der Waals surface area contributed by atoms with Gasteiger partial charge in [0.1, 0.15) is 6.04 Å². The number of carboxylic acid groups (broad SMARTS) is 1. The summed E-state index contributed by atoms with van der Waals surface area (Å²) in [5.74, 6) is -1.94. The Morgan fingerprint density at radius 1 is 1.08 bits per heavy atom. The summed E-state index contributed by atoms with van der Waals surface area (Å²) in [6, 6.07) is 7.59. The Hall–Kier alpha value is -2.63. The average Bonchev–Trinajstić information content (AvgIpc) is 2.62. The van der Waals surface area contributed by atoms with Crippen LogP contribution in [0.3, 0.4) is 0 Å². The number of carboxylic acids is 1. The molecule has 0 aliphatic heterocycles. The molecule has 0 spiro atoms. The quantitative estimate of drug-likeness (QED) is 0.400. The molecule has 0 saturated carbocycles. The highest BCUT2D eigenvalue weighted by Gasteiger charge is 2.19. The number of carbonyl (C=O) groups excluding carboxylic acids is 2. The SMILES string of the molecule is C=CCCCCCC[C@H](NC(=O)CNC(=O)c1ccccc1)C(=O)O. The van der Waals surface area contributed by atoms with Crippen LogP contribution in [0.2, 0.25) is 0 Å². The number of rotatable bonds is 12. The van der Waals surface area contributed by atoms with Crippen molar-refractivity contribution in [3.63, 3.8) is 0 Å². The van der Waals surface area contributed by atoms with E-state index in [1.807, 2.05) is 6.08 Å². The fourth-order valence-electron chi connectivity index (χ4n) is 2.35. The summed E-state index contributed by atoms with van der Waals surface area (Å²) in [7, 11) is 0. The normalized spacial score (nSPS) is 11.4. The van der Waals surface area contributed by atoms with Gasteiger partial charge in [0.2, 0.25) is 5.91 Å². The van der Waals surface area contributed by atoms with Gasteiger partial charge in [-0.3, -0.25) is 9.59 Å². The van der Waals surface area contributed by atoms with E-state index in [9.17, 15) is 19.5 Å². The minimum Gasteiger partial charge on any atom is -0.480 e. The molecule has 6 heteroatoms.